The maximum atomic E-state index is 12.7. The highest BCUT2D eigenvalue weighted by molar-refractivity contribution is 5.87. The van der Waals surface area contributed by atoms with Gasteiger partial charge >= 0.3 is 6.09 Å². The van der Waals surface area contributed by atoms with Crippen molar-refractivity contribution < 1.29 is 14.3 Å². The van der Waals surface area contributed by atoms with E-state index in [4.69, 9.17) is 4.74 Å². The van der Waals surface area contributed by atoms with Gasteiger partial charge < -0.3 is 9.64 Å². The fourth-order valence-electron chi connectivity index (χ4n) is 3.04. The minimum Gasteiger partial charge on any atom is -0.444 e. The van der Waals surface area contributed by atoms with Gasteiger partial charge in [0.2, 0.25) is 5.91 Å². The lowest BCUT2D eigenvalue weighted by Crippen LogP contribution is -2.59. The zero-order valence-electron chi connectivity index (χ0n) is 14.8. The molecule has 2 aliphatic heterocycles. The Balaban J connectivity index is 1.95. The molecule has 0 aliphatic carbocycles. The third kappa shape index (κ3) is 3.39. The predicted octanol–water partition coefficient (Wildman–Crippen LogP) is 2.89. The molecule has 2 amide bonds. The number of carbonyl (C=O) groups is 2. The first kappa shape index (κ1) is 17.1. The lowest BCUT2D eigenvalue weighted by atomic mass is 9.78. The second-order valence-corrected chi connectivity index (χ2v) is 8.30. The molecule has 1 unspecified atom stereocenters. The number of likely N-dealkylation sites (tertiary alicyclic amines) is 2. The molecule has 2 rings (SSSR count). The van der Waals surface area contributed by atoms with Crippen LogP contribution in [0.4, 0.5) is 4.79 Å². The summed E-state index contributed by atoms with van der Waals surface area (Å²) in [7, 11) is 0. The molecule has 2 atom stereocenters. The monoisotopic (exact) mass is 310 g/mol. The van der Waals surface area contributed by atoms with Crippen LogP contribution in [0, 0.1) is 11.3 Å². The summed E-state index contributed by atoms with van der Waals surface area (Å²) in [4.78, 5) is 28.3. The number of carbonyl (C=O) groups excluding carboxylic acids is 2. The maximum absolute atomic E-state index is 12.7. The number of ether oxygens (including phenoxy) is 1. The summed E-state index contributed by atoms with van der Waals surface area (Å²) in [5.41, 5.74) is -0.333. The molecule has 126 valence electrons. The van der Waals surface area contributed by atoms with Crippen molar-refractivity contribution in [1.82, 2.24) is 9.80 Å². The van der Waals surface area contributed by atoms with Crippen molar-refractivity contribution >= 4 is 12.0 Å². The second-order valence-electron chi connectivity index (χ2n) is 8.30. The molecule has 5 heteroatoms. The number of rotatable bonds is 2. The topological polar surface area (TPSA) is 49.9 Å². The van der Waals surface area contributed by atoms with E-state index >= 15 is 0 Å². The van der Waals surface area contributed by atoms with Gasteiger partial charge in [-0.2, -0.15) is 0 Å². The molecule has 0 aromatic heterocycles. The van der Waals surface area contributed by atoms with Crippen molar-refractivity contribution in [3.8, 4) is 0 Å². The van der Waals surface area contributed by atoms with E-state index in [1.807, 2.05) is 25.7 Å². The third-order valence-electron chi connectivity index (χ3n) is 5.14. The fraction of sp³-hybridized carbons (Fsp3) is 0.882. The van der Waals surface area contributed by atoms with Crippen LogP contribution in [0.3, 0.4) is 0 Å². The van der Waals surface area contributed by atoms with E-state index in [0.717, 1.165) is 25.9 Å². The van der Waals surface area contributed by atoms with Crippen molar-refractivity contribution in [3.63, 3.8) is 0 Å². The summed E-state index contributed by atoms with van der Waals surface area (Å²) in [5, 5.41) is 0. The van der Waals surface area contributed by atoms with Crippen molar-refractivity contribution in [2.24, 2.45) is 11.3 Å². The van der Waals surface area contributed by atoms with Gasteiger partial charge in [-0.05, 0) is 44.9 Å². The smallest absolute Gasteiger partial charge is 0.410 e. The molecule has 2 aliphatic rings. The van der Waals surface area contributed by atoms with Crippen LogP contribution in [0.1, 0.15) is 54.4 Å². The molecule has 22 heavy (non-hydrogen) atoms. The highest BCUT2D eigenvalue weighted by atomic mass is 16.6. The van der Waals surface area contributed by atoms with Crippen LogP contribution >= 0.6 is 0 Å². The Hall–Kier alpha value is -1.26. The van der Waals surface area contributed by atoms with Crippen LogP contribution in [0.5, 0.6) is 0 Å². The van der Waals surface area contributed by atoms with Gasteiger partial charge in [-0.1, -0.05) is 20.8 Å². The highest BCUT2D eigenvalue weighted by Crippen LogP contribution is 2.38. The zero-order chi connectivity index (χ0) is 16.7. The molecule has 0 spiro atoms. The van der Waals surface area contributed by atoms with Crippen LogP contribution in [-0.4, -0.2) is 53.1 Å². The number of hydrogen-bond donors (Lipinski definition) is 0. The average molecular weight is 310 g/mol. The zero-order valence-corrected chi connectivity index (χ0v) is 14.8. The molecule has 0 N–H and O–H groups in total. The van der Waals surface area contributed by atoms with Crippen LogP contribution in [0.15, 0.2) is 0 Å². The first-order valence-corrected chi connectivity index (χ1v) is 8.32. The van der Waals surface area contributed by atoms with E-state index in [0.29, 0.717) is 12.5 Å². The van der Waals surface area contributed by atoms with Gasteiger partial charge in [-0.3, -0.25) is 9.69 Å². The minimum atomic E-state index is -0.524. The Morgan fingerprint density at radius 1 is 1.23 bits per heavy atom. The van der Waals surface area contributed by atoms with Gasteiger partial charge in [0.1, 0.15) is 11.6 Å². The predicted molar refractivity (Wildman–Crippen MR) is 85.5 cm³/mol. The van der Waals surface area contributed by atoms with E-state index in [9.17, 15) is 9.59 Å². The van der Waals surface area contributed by atoms with E-state index in [1.165, 1.54) is 0 Å². The van der Waals surface area contributed by atoms with Gasteiger partial charge in [-0.15, -0.1) is 0 Å². The highest BCUT2D eigenvalue weighted by Gasteiger charge is 2.45. The third-order valence-corrected chi connectivity index (χ3v) is 5.14. The van der Waals surface area contributed by atoms with Crippen molar-refractivity contribution in [2.45, 2.75) is 66.0 Å². The van der Waals surface area contributed by atoms with Gasteiger partial charge in [0.15, 0.2) is 0 Å². The first-order valence-electron chi connectivity index (χ1n) is 8.32. The van der Waals surface area contributed by atoms with E-state index < -0.39 is 5.60 Å². The normalized spacial score (nSPS) is 28.8. The lowest BCUT2D eigenvalue weighted by Gasteiger charge is -2.42. The van der Waals surface area contributed by atoms with Gasteiger partial charge in [0.25, 0.3) is 0 Å². The molecule has 0 bridgehead atoms. The van der Waals surface area contributed by atoms with Gasteiger partial charge in [0, 0.05) is 19.6 Å². The summed E-state index contributed by atoms with van der Waals surface area (Å²) < 4.78 is 5.38. The van der Waals surface area contributed by atoms with Crippen LogP contribution in [0.2, 0.25) is 0 Å². The molecule has 2 saturated heterocycles. The van der Waals surface area contributed by atoms with Crippen LogP contribution in [0.25, 0.3) is 0 Å². The molecule has 5 nitrogen and oxygen atoms in total. The Kier molecular flexibility index (Phi) is 4.46. The van der Waals surface area contributed by atoms with Crippen molar-refractivity contribution in [1.29, 1.82) is 0 Å². The molecule has 0 aromatic rings. The molecule has 0 radical (unpaired) electrons. The summed E-state index contributed by atoms with van der Waals surface area (Å²) in [6.07, 6.45) is 1.41. The quantitative estimate of drug-likeness (QED) is 0.788. The molecule has 2 heterocycles. The summed E-state index contributed by atoms with van der Waals surface area (Å²) in [6, 6.07) is -0.329. The Labute approximate surface area is 134 Å². The van der Waals surface area contributed by atoms with Crippen LogP contribution < -0.4 is 0 Å². The van der Waals surface area contributed by atoms with Crippen molar-refractivity contribution in [3.05, 3.63) is 0 Å². The lowest BCUT2D eigenvalue weighted by molar-refractivity contribution is -0.140. The summed E-state index contributed by atoms with van der Waals surface area (Å²) >= 11 is 0. The maximum Gasteiger partial charge on any atom is 0.410 e. The molecule has 2 fully saturated rings. The van der Waals surface area contributed by atoms with Gasteiger partial charge in [-0.25, -0.2) is 4.79 Å². The largest absolute Gasteiger partial charge is 0.444 e. The standard InChI is InChI=1S/C17H30N2O3/c1-12(2)17(6)8-10-18(11-17)14(20)13-7-9-19(13)15(21)22-16(3,4)5/h12-13H,7-11H2,1-6H3/t13?,17-/m0/s1. The molecular formula is C17H30N2O3. The second kappa shape index (κ2) is 5.74. The van der Waals surface area contributed by atoms with Gasteiger partial charge in [0.05, 0.1) is 0 Å². The summed E-state index contributed by atoms with van der Waals surface area (Å²) in [6.45, 7) is 14.4. The Morgan fingerprint density at radius 2 is 1.86 bits per heavy atom. The first-order chi connectivity index (χ1) is 10.0. The number of nitrogens with zero attached hydrogens (tertiary/aromatic N) is 2. The molecule has 0 aromatic carbocycles. The average Bonchev–Trinajstić information content (AvgIpc) is 2.69. The minimum absolute atomic E-state index is 0.0847. The number of amides is 2. The fourth-order valence-corrected chi connectivity index (χ4v) is 3.04. The van der Waals surface area contributed by atoms with Crippen molar-refractivity contribution in [2.75, 3.05) is 19.6 Å². The van der Waals surface area contributed by atoms with Crippen LogP contribution in [-0.2, 0) is 9.53 Å². The van der Waals surface area contributed by atoms with E-state index in [1.54, 1.807) is 4.90 Å². The SMILES string of the molecule is CC(C)[C@@]1(C)CCN(C(=O)C2CCN2C(=O)OC(C)(C)C)C1. The van der Waals surface area contributed by atoms with E-state index in [2.05, 4.69) is 20.8 Å². The van der Waals surface area contributed by atoms with E-state index in [-0.39, 0.29) is 23.5 Å². The molecule has 0 saturated carbocycles. The summed E-state index contributed by atoms with van der Waals surface area (Å²) in [5.74, 6) is 0.634. The number of hydrogen-bond acceptors (Lipinski definition) is 3. The Morgan fingerprint density at radius 3 is 2.27 bits per heavy atom. The Bertz CT molecular complexity index is 455. The molecular weight excluding hydrogens is 280 g/mol.